The number of ether oxygens (including phenoxy) is 2. The minimum absolute atomic E-state index is 0.0194. The molecule has 1 aromatic carbocycles. The van der Waals surface area contributed by atoms with Gasteiger partial charge in [-0.15, -0.1) is 0 Å². The summed E-state index contributed by atoms with van der Waals surface area (Å²) in [5, 5.41) is 8.79. The van der Waals surface area contributed by atoms with Crippen molar-refractivity contribution in [2.75, 3.05) is 19.8 Å². The van der Waals surface area contributed by atoms with E-state index in [0.717, 1.165) is 18.4 Å². The van der Waals surface area contributed by atoms with Gasteiger partial charge < -0.3 is 14.4 Å². The van der Waals surface area contributed by atoms with E-state index in [1.165, 1.54) is 0 Å². The van der Waals surface area contributed by atoms with Gasteiger partial charge >= 0.3 is 0 Å². The highest BCUT2D eigenvalue weighted by Gasteiger charge is 2.38. The normalized spacial score (nSPS) is 20.2. The lowest BCUT2D eigenvalue weighted by Gasteiger charge is -2.39. The van der Waals surface area contributed by atoms with Crippen LogP contribution < -0.4 is 10.2 Å². The number of nitrogens with zero attached hydrogens (tertiary/aromatic N) is 1. The number of amides is 2. The van der Waals surface area contributed by atoms with Gasteiger partial charge in [0.2, 0.25) is 5.91 Å². The first-order valence-electron chi connectivity index (χ1n) is 8.52. The Labute approximate surface area is 146 Å². The van der Waals surface area contributed by atoms with Crippen LogP contribution in [0.5, 0.6) is 5.75 Å². The zero-order valence-corrected chi connectivity index (χ0v) is 14.6. The predicted molar refractivity (Wildman–Crippen MR) is 89.4 cm³/mol. The van der Waals surface area contributed by atoms with Gasteiger partial charge in [-0.25, -0.2) is 5.48 Å². The van der Waals surface area contributed by atoms with E-state index in [1.54, 1.807) is 23.7 Å². The van der Waals surface area contributed by atoms with Crippen molar-refractivity contribution in [3.8, 4) is 5.75 Å². The van der Waals surface area contributed by atoms with Gasteiger partial charge in [0.05, 0.1) is 5.54 Å². The maximum Gasteiger partial charge on any atom is 0.274 e. The molecule has 25 heavy (non-hydrogen) atoms. The third-order valence-corrected chi connectivity index (χ3v) is 4.91. The van der Waals surface area contributed by atoms with Crippen molar-refractivity contribution in [2.45, 2.75) is 38.8 Å². The first-order chi connectivity index (χ1) is 11.9. The Morgan fingerprint density at radius 2 is 2.00 bits per heavy atom. The van der Waals surface area contributed by atoms with E-state index in [-0.39, 0.29) is 11.8 Å². The Morgan fingerprint density at radius 3 is 2.68 bits per heavy atom. The molecule has 0 radical (unpaired) electrons. The summed E-state index contributed by atoms with van der Waals surface area (Å²) >= 11 is 0. The van der Waals surface area contributed by atoms with Crippen molar-refractivity contribution in [3.63, 3.8) is 0 Å². The largest absolute Gasteiger partial charge is 0.491 e. The minimum atomic E-state index is -0.593. The van der Waals surface area contributed by atoms with Crippen LogP contribution in [0.1, 0.15) is 42.6 Å². The Balaban J connectivity index is 1.87. The molecule has 0 bridgehead atoms. The number of carbonyl (C=O) groups is 2. The molecule has 0 aromatic heterocycles. The molecule has 1 saturated heterocycles. The number of hydrogen-bond donors (Lipinski definition) is 2. The minimum Gasteiger partial charge on any atom is -0.491 e. The Bertz CT molecular complexity index is 667. The van der Waals surface area contributed by atoms with Gasteiger partial charge in [0.25, 0.3) is 5.91 Å². The van der Waals surface area contributed by atoms with E-state index in [0.29, 0.717) is 37.7 Å². The predicted octanol–water partition coefficient (Wildman–Crippen LogP) is 1.73. The van der Waals surface area contributed by atoms with Crippen LogP contribution in [0.25, 0.3) is 0 Å². The standard InChI is InChI=1S/C18H24N2O5/c1-18(2)11-25-15-9-13(16(21)19-23)3-4-14(15)10-20(18)17(22)12-5-7-24-8-6-12/h3-4,9,12,23H,5-8,10-11H2,1-2H3,(H,19,21). The van der Waals surface area contributed by atoms with Crippen LogP contribution in [0.15, 0.2) is 18.2 Å². The average Bonchev–Trinajstić information content (AvgIpc) is 2.77. The monoisotopic (exact) mass is 348 g/mol. The molecule has 2 aliphatic heterocycles. The quantitative estimate of drug-likeness (QED) is 0.628. The molecule has 0 aliphatic carbocycles. The molecule has 3 rings (SSSR count). The molecule has 1 fully saturated rings. The van der Waals surface area contributed by atoms with Gasteiger partial charge in [-0.2, -0.15) is 0 Å². The third kappa shape index (κ3) is 3.62. The molecule has 0 atom stereocenters. The lowest BCUT2D eigenvalue weighted by atomic mass is 9.94. The zero-order valence-electron chi connectivity index (χ0n) is 14.6. The molecule has 2 heterocycles. The topological polar surface area (TPSA) is 88.1 Å². The number of nitrogens with one attached hydrogen (secondary N) is 1. The Kier molecular flexibility index (Phi) is 4.96. The van der Waals surface area contributed by atoms with E-state index >= 15 is 0 Å². The zero-order chi connectivity index (χ0) is 18.0. The van der Waals surface area contributed by atoms with E-state index in [4.69, 9.17) is 14.7 Å². The fourth-order valence-electron chi connectivity index (χ4n) is 3.28. The van der Waals surface area contributed by atoms with Crippen molar-refractivity contribution in [3.05, 3.63) is 29.3 Å². The number of hydrogen-bond acceptors (Lipinski definition) is 5. The third-order valence-electron chi connectivity index (χ3n) is 4.91. The molecule has 0 saturated carbocycles. The number of rotatable bonds is 2. The number of carbonyl (C=O) groups excluding carboxylic acids is 2. The van der Waals surface area contributed by atoms with E-state index in [2.05, 4.69) is 0 Å². The molecular formula is C18H24N2O5. The van der Waals surface area contributed by atoms with Crippen LogP contribution in [0.3, 0.4) is 0 Å². The van der Waals surface area contributed by atoms with E-state index < -0.39 is 11.4 Å². The van der Waals surface area contributed by atoms with Gasteiger partial charge in [-0.1, -0.05) is 6.07 Å². The molecule has 0 unspecified atom stereocenters. The number of hydroxylamine groups is 1. The van der Waals surface area contributed by atoms with E-state index in [9.17, 15) is 9.59 Å². The van der Waals surface area contributed by atoms with Gasteiger partial charge in [-0.3, -0.25) is 14.8 Å². The molecule has 0 spiro atoms. The van der Waals surface area contributed by atoms with Crippen molar-refractivity contribution in [1.82, 2.24) is 10.4 Å². The van der Waals surface area contributed by atoms with Crippen molar-refractivity contribution in [2.24, 2.45) is 5.92 Å². The number of fused-ring (bicyclic) bond motifs is 1. The van der Waals surface area contributed by atoms with Crippen LogP contribution in [-0.4, -0.2) is 47.3 Å². The summed E-state index contributed by atoms with van der Waals surface area (Å²) in [4.78, 5) is 26.5. The second kappa shape index (κ2) is 7.01. The highest BCUT2D eigenvalue weighted by Crippen LogP contribution is 2.32. The second-order valence-corrected chi connectivity index (χ2v) is 7.18. The summed E-state index contributed by atoms with van der Waals surface area (Å²) < 4.78 is 11.2. The first kappa shape index (κ1) is 17.7. The fourth-order valence-corrected chi connectivity index (χ4v) is 3.28. The summed E-state index contributed by atoms with van der Waals surface area (Å²) in [5.74, 6) is 0.0810. The molecule has 7 nitrogen and oxygen atoms in total. The summed E-state index contributed by atoms with van der Waals surface area (Å²) in [5.41, 5.74) is 2.31. The van der Waals surface area contributed by atoms with Gasteiger partial charge in [0, 0.05) is 36.8 Å². The molecule has 2 amide bonds. The average molecular weight is 348 g/mol. The van der Waals surface area contributed by atoms with Crippen LogP contribution in [-0.2, 0) is 16.1 Å². The van der Waals surface area contributed by atoms with Crippen LogP contribution >= 0.6 is 0 Å². The maximum absolute atomic E-state index is 13.1. The second-order valence-electron chi connectivity index (χ2n) is 7.18. The van der Waals surface area contributed by atoms with Crippen LogP contribution in [0.2, 0.25) is 0 Å². The summed E-state index contributed by atoms with van der Waals surface area (Å²) in [6.45, 7) is 5.97. The van der Waals surface area contributed by atoms with Gasteiger partial charge in [0.1, 0.15) is 12.4 Å². The van der Waals surface area contributed by atoms with Crippen molar-refractivity contribution >= 4 is 11.8 Å². The molecule has 1 aromatic rings. The van der Waals surface area contributed by atoms with E-state index in [1.807, 2.05) is 18.7 Å². The Hall–Kier alpha value is -2.12. The lowest BCUT2D eigenvalue weighted by molar-refractivity contribution is -0.145. The number of benzene rings is 1. The highest BCUT2D eigenvalue weighted by molar-refractivity contribution is 5.93. The van der Waals surface area contributed by atoms with Gasteiger partial charge in [-0.05, 0) is 38.8 Å². The molecule has 136 valence electrons. The summed E-state index contributed by atoms with van der Waals surface area (Å²) in [7, 11) is 0. The SMILES string of the molecule is CC1(C)COc2cc(C(=O)NO)ccc2CN1C(=O)C1CCOCC1. The van der Waals surface area contributed by atoms with Crippen molar-refractivity contribution in [1.29, 1.82) is 0 Å². The van der Waals surface area contributed by atoms with Crippen LogP contribution in [0.4, 0.5) is 0 Å². The summed E-state index contributed by atoms with van der Waals surface area (Å²) in [6, 6.07) is 4.98. The van der Waals surface area contributed by atoms with Crippen molar-refractivity contribution < 1.29 is 24.3 Å². The first-order valence-corrected chi connectivity index (χ1v) is 8.52. The summed E-state index contributed by atoms with van der Waals surface area (Å²) in [6.07, 6.45) is 1.49. The fraction of sp³-hybridized carbons (Fsp3) is 0.556. The lowest BCUT2D eigenvalue weighted by Crippen LogP contribution is -2.52. The molecule has 2 N–H and O–H groups in total. The molecule has 2 aliphatic rings. The molecular weight excluding hydrogens is 324 g/mol. The maximum atomic E-state index is 13.1. The Morgan fingerprint density at radius 1 is 1.28 bits per heavy atom. The van der Waals surface area contributed by atoms with Crippen LogP contribution in [0, 0.1) is 5.92 Å². The molecule has 7 heteroatoms. The smallest absolute Gasteiger partial charge is 0.274 e. The highest BCUT2D eigenvalue weighted by atomic mass is 16.5. The van der Waals surface area contributed by atoms with Gasteiger partial charge in [0.15, 0.2) is 0 Å².